The number of primary amides is 1. The highest BCUT2D eigenvalue weighted by molar-refractivity contribution is 5.94. The van der Waals surface area contributed by atoms with Crippen LogP contribution >= 0.6 is 0 Å². The molecule has 0 fully saturated rings. The molecule has 0 spiro atoms. The Morgan fingerprint density at radius 2 is 1.40 bits per heavy atom. The van der Waals surface area contributed by atoms with Crippen LogP contribution in [0, 0.1) is 0 Å². The molecule has 0 rings (SSSR count). The zero-order valence-electron chi connectivity index (χ0n) is 16.5. The van der Waals surface area contributed by atoms with Crippen molar-refractivity contribution in [1.29, 1.82) is 0 Å². The van der Waals surface area contributed by atoms with E-state index in [0.717, 1.165) is 0 Å². The van der Waals surface area contributed by atoms with Crippen molar-refractivity contribution >= 4 is 35.6 Å². The normalized spacial score (nSPS) is 15.6. The highest BCUT2D eigenvalue weighted by Crippen LogP contribution is 2.02. The van der Waals surface area contributed by atoms with Gasteiger partial charge in [0.2, 0.25) is 23.6 Å². The highest BCUT2D eigenvalue weighted by Gasteiger charge is 2.30. The highest BCUT2D eigenvalue weighted by atomic mass is 16.4. The van der Waals surface area contributed by atoms with E-state index >= 15 is 0 Å². The lowest BCUT2D eigenvalue weighted by molar-refractivity contribution is -0.143. The smallest absolute Gasteiger partial charge is 0.326 e. The fourth-order valence-electron chi connectivity index (χ4n) is 2.10. The summed E-state index contributed by atoms with van der Waals surface area (Å²) in [6.07, 6.45) is -2.75. The lowest BCUT2D eigenvalue weighted by Crippen LogP contribution is -2.57. The van der Waals surface area contributed by atoms with Crippen molar-refractivity contribution in [1.82, 2.24) is 16.0 Å². The number of nitrogens with two attached hydrogens (primary N) is 2. The zero-order chi connectivity index (χ0) is 23.6. The molecule has 5 unspecified atom stereocenters. The molecule has 0 heterocycles. The minimum atomic E-state index is -1.61. The molecule has 14 heteroatoms. The van der Waals surface area contributed by atoms with E-state index in [1.165, 1.54) is 13.8 Å². The summed E-state index contributed by atoms with van der Waals surface area (Å²) < 4.78 is 0. The summed E-state index contributed by atoms with van der Waals surface area (Å²) in [6, 6.07) is -5.69. The summed E-state index contributed by atoms with van der Waals surface area (Å²) in [5.74, 6) is -6.54. The zero-order valence-corrected chi connectivity index (χ0v) is 16.5. The van der Waals surface area contributed by atoms with Crippen LogP contribution < -0.4 is 27.4 Å². The molecular formula is C16H27N5O9. The minimum absolute atomic E-state index is 0.340. The van der Waals surface area contributed by atoms with Gasteiger partial charge in [-0.1, -0.05) is 0 Å². The van der Waals surface area contributed by atoms with E-state index in [-0.39, 0.29) is 6.42 Å². The number of rotatable bonds is 13. The van der Waals surface area contributed by atoms with Gasteiger partial charge in [-0.15, -0.1) is 0 Å². The SMILES string of the molecule is CC(NC(=O)C(CCC(=O)O)NC(=O)C(N)C(C)O)C(=O)NC(CC(N)=O)C(=O)O. The molecule has 0 bridgehead atoms. The van der Waals surface area contributed by atoms with Crippen molar-refractivity contribution in [2.75, 3.05) is 0 Å². The number of nitrogens with one attached hydrogen (secondary N) is 3. The van der Waals surface area contributed by atoms with E-state index in [2.05, 4.69) is 10.6 Å². The summed E-state index contributed by atoms with van der Waals surface area (Å²) in [5.41, 5.74) is 10.4. The monoisotopic (exact) mass is 433 g/mol. The number of carboxylic acid groups (broad SMARTS) is 2. The lowest BCUT2D eigenvalue weighted by atomic mass is 10.1. The predicted molar refractivity (Wildman–Crippen MR) is 99.4 cm³/mol. The van der Waals surface area contributed by atoms with Crippen LogP contribution in [-0.2, 0) is 28.8 Å². The number of aliphatic carboxylic acids is 2. The van der Waals surface area contributed by atoms with E-state index in [4.69, 9.17) is 21.7 Å². The topological polar surface area (TPSA) is 251 Å². The first-order chi connectivity index (χ1) is 13.8. The molecule has 0 aliphatic rings. The van der Waals surface area contributed by atoms with Gasteiger partial charge in [-0.3, -0.25) is 24.0 Å². The molecule has 10 N–H and O–H groups in total. The Morgan fingerprint density at radius 3 is 1.83 bits per heavy atom. The van der Waals surface area contributed by atoms with Crippen LogP contribution in [0.25, 0.3) is 0 Å². The molecule has 0 radical (unpaired) electrons. The molecule has 0 aliphatic carbocycles. The number of hydrogen-bond donors (Lipinski definition) is 8. The van der Waals surface area contributed by atoms with Gasteiger partial charge < -0.3 is 42.7 Å². The maximum atomic E-state index is 12.4. The van der Waals surface area contributed by atoms with Crippen LogP contribution in [0.15, 0.2) is 0 Å². The number of carbonyl (C=O) groups is 6. The van der Waals surface area contributed by atoms with Crippen LogP contribution in [0.3, 0.4) is 0 Å². The molecule has 0 saturated carbocycles. The number of carbonyl (C=O) groups excluding carboxylic acids is 4. The van der Waals surface area contributed by atoms with Crippen molar-refractivity contribution in [3.05, 3.63) is 0 Å². The second-order valence-electron chi connectivity index (χ2n) is 6.56. The van der Waals surface area contributed by atoms with Crippen molar-refractivity contribution in [2.45, 2.75) is 63.4 Å². The molecule has 0 aromatic rings. The van der Waals surface area contributed by atoms with Gasteiger partial charge in [0.05, 0.1) is 12.5 Å². The van der Waals surface area contributed by atoms with E-state index in [1.54, 1.807) is 0 Å². The van der Waals surface area contributed by atoms with Gasteiger partial charge in [0, 0.05) is 6.42 Å². The lowest BCUT2D eigenvalue weighted by Gasteiger charge is -2.23. The summed E-state index contributed by atoms with van der Waals surface area (Å²) in [4.78, 5) is 69.2. The molecule has 5 atom stereocenters. The second-order valence-corrected chi connectivity index (χ2v) is 6.56. The van der Waals surface area contributed by atoms with Crippen LogP contribution in [0.4, 0.5) is 0 Å². The minimum Gasteiger partial charge on any atom is -0.481 e. The third kappa shape index (κ3) is 9.79. The number of aliphatic hydroxyl groups is 1. The van der Waals surface area contributed by atoms with Crippen molar-refractivity contribution in [3.63, 3.8) is 0 Å². The Balaban J connectivity index is 5.15. The van der Waals surface area contributed by atoms with Crippen molar-refractivity contribution < 1.29 is 44.1 Å². The van der Waals surface area contributed by atoms with E-state index in [9.17, 15) is 33.9 Å². The molecule has 4 amide bonds. The number of aliphatic hydroxyl groups excluding tert-OH is 1. The summed E-state index contributed by atoms with van der Waals surface area (Å²) in [5, 5.41) is 33.6. The molecule has 30 heavy (non-hydrogen) atoms. The number of amides is 4. The predicted octanol–water partition coefficient (Wildman–Crippen LogP) is -4.01. The summed E-state index contributed by atoms with van der Waals surface area (Å²) in [7, 11) is 0. The average Bonchev–Trinajstić information content (AvgIpc) is 2.62. The molecule has 0 aromatic carbocycles. The van der Waals surface area contributed by atoms with Crippen LogP contribution in [0.5, 0.6) is 0 Å². The van der Waals surface area contributed by atoms with E-state index in [0.29, 0.717) is 0 Å². The number of hydrogen-bond acceptors (Lipinski definition) is 8. The number of carboxylic acids is 2. The average molecular weight is 433 g/mol. The molecular weight excluding hydrogens is 406 g/mol. The van der Waals surface area contributed by atoms with Gasteiger partial charge in [0.25, 0.3) is 0 Å². The summed E-state index contributed by atoms with van der Waals surface area (Å²) in [6.45, 7) is 2.45. The fourth-order valence-corrected chi connectivity index (χ4v) is 2.10. The van der Waals surface area contributed by atoms with Gasteiger partial charge in [0.1, 0.15) is 24.2 Å². The van der Waals surface area contributed by atoms with Gasteiger partial charge in [-0.05, 0) is 20.3 Å². The first-order valence-electron chi connectivity index (χ1n) is 8.83. The Morgan fingerprint density at radius 1 is 0.867 bits per heavy atom. The maximum Gasteiger partial charge on any atom is 0.326 e. The van der Waals surface area contributed by atoms with Gasteiger partial charge >= 0.3 is 11.9 Å². The molecule has 14 nitrogen and oxygen atoms in total. The summed E-state index contributed by atoms with van der Waals surface area (Å²) >= 11 is 0. The van der Waals surface area contributed by atoms with Crippen molar-refractivity contribution in [3.8, 4) is 0 Å². The fraction of sp³-hybridized carbons (Fsp3) is 0.625. The van der Waals surface area contributed by atoms with Crippen LogP contribution in [0.2, 0.25) is 0 Å². The molecule has 0 aliphatic heterocycles. The second kappa shape index (κ2) is 12.3. The first-order valence-corrected chi connectivity index (χ1v) is 8.83. The van der Waals surface area contributed by atoms with E-state index in [1.807, 2.05) is 5.32 Å². The Hall–Kier alpha value is -3.26. The maximum absolute atomic E-state index is 12.4. The Labute approximate surface area is 171 Å². The first kappa shape index (κ1) is 26.7. The Kier molecular flexibility index (Phi) is 11.0. The third-order valence-electron chi connectivity index (χ3n) is 3.87. The van der Waals surface area contributed by atoms with Gasteiger partial charge in [0.15, 0.2) is 0 Å². The molecule has 0 aromatic heterocycles. The van der Waals surface area contributed by atoms with Crippen LogP contribution in [0.1, 0.15) is 33.1 Å². The molecule has 170 valence electrons. The van der Waals surface area contributed by atoms with E-state index < -0.39 is 78.7 Å². The largest absolute Gasteiger partial charge is 0.481 e. The third-order valence-corrected chi connectivity index (χ3v) is 3.87. The van der Waals surface area contributed by atoms with Crippen molar-refractivity contribution in [2.24, 2.45) is 11.5 Å². The standard InChI is InChI=1S/C16H27N5O9/c1-6(13(26)21-9(16(29)30)5-10(17)23)19-14(27)8(3-4-11(24)25)20-15(28)12(18)7(2)22/h6-9,12,22H,3-5,18H2,1-2H3,(H2,17,23)(H,19,27)(H,20,28)(H,21,26)(H,24,25)(H,29,30). The Bertz CT molecular complexity index is 682. The quantitative estimate of drug-likeness (QED) is 0.140. The molecule has 0 saturated heterocycles. The van der Waals surface area contributed by atoms with Gasteiger partial charge in [-0.2, -0.15) is 0 Å². The van der Waals surface area contributed by atoms with Gasteiger partial charge in [-0.25, -0.2) is 4.79 Å². The van der Waals surface area contributed by atoms with Crippen LogP contribution in [-0.4, -0.2) is 81.2 Å².